The molecule has 1 N–H and O–H groups in total. The molecule has 0 aliphatic carbocycles. The summed E-state index contributed by atoms with van der Waals surface area (Å²) in [6, 6.07) is 3.06. The molecule has 10 heteroatoms. The Morgan fingerprint density at radius 3 is 2.62 bits per heavy atom. The highest BCUT2D eigenvalue weighted by molar-refractivity contribution is 7.89. The van der Waals surface area contributed by atoms with Crippen molar-refractivity contribution in [1.82, 2.24) is 24.6 Å². The van der Waals surface area contributed by atoms with E-state index in [-0.39, 0.29) is 11.0 Å². The molecule has 3 aromatic heterocycles. The van der Waals surface area contributed by atoms with E-state index < -0.39 is 10.0 Å². The van der Waals surface area contributed by atoms with E-state index >= 15 is 0 Å². The maximum absolute atomic E-state index is 12.9. The minimum Gasteiger partial charge on any atom is -0.440 e. The van der Waals surface area contributed by atoms with E-state index in [1.54, 1.807) is 6.07 Å². The third-order valence-electron chi connectivity index (χ3n) is 4.83. The fourth-order valence-electron chi connectivity index (χ4n) is 3.13. The van der Waals surface area contributed by atoms with Gasteiger partial charge in [0, 0.05) is 24.6 Å². The van der Waals surface area contributed by atoms with Crippen LogP contribution in [0.1, 0.15) is 35.8 Å². The van der Waals surface area contributed by atoms with Gasteiger partial charge in [-0.2, -0.15) is 9.40 Å². The van der Waals surface area contributed by atoms with Crippen LogP contribution in [-0.2, 0) is 10.0 Å². The first-order chi connectivity index (χ1) is 12.5. The Balaban J connectivity index is 1.52. The maximum atomic E-state index is 12.9. The van der Waals surface area contributed by atoms with E-state index in [9.17, 15) is 8.42 Å². The molecule has 0 saturated carbocycles. The van der Waals surface area contributed by atoms with Crippen molar-refractivity contribution >= 4 is 10.0 Å². The molecule has 0 unspecified atom stereocenters. The molecular weight excluding hydrogens is 358 g/mol. The van der Waals surface area contributed by atoms with Crippen molar-refractivity contribution < 1.29 is 17.4 Å². The normalized spacial score (nSPS) is 17.0. The van der Waals surface area contributed by atoms with E-state index in [1.165, 1.54) is 16.7 Å². The van der Waals surface area contributed by atoms with Crippen LogP contribution in [0.5, 0.6) is 0 Å². The fraction of sp³-hybridized carbons (Fsp3) is 0.438. The monoisotopic (exact) mass is 377 g/mol. The van der Waals surface area contributed by atoms with E-state index in [0.717, 1.165) is 17.1 Å². The number of hydrogen-bond acceptors (Lipinski definition) is 7. The van der Waals surface area contributed by atoms with Crippen LogP contribution >= 0.6 is 0 Å². The number of piperidine rings is 1. The number of sulfonamides is 1. The van der Waals surface area contributed by atoms with E-state index in [4.69, 9.17) is 8.94 Å². The van der Waals surface area contributed by atoms with Crippen LogP contribution in [0.25, 0.3) is 11.5 Å². The first-order valence-electron chi connectivity index (χ1n) is 8.35. The van der Waals surface area contributed by atoms with Gasteiger partial charge < -0.3 is 8.94 Å². The van der Waals surface area contributed by atoms with Crippen LogP contribution in [0, 0.1) is 13.8 Å². The van der Waals surface area contributed by atoms with Gasteiger partial charge in [-0.3, -0.25) is 5.10 Å². The van der Waals surface area contributed by atoms with Gasteiger partial charge in [0.15, 0.2) is 5.76 Å². The van der Waals surface area contributed by atoms with Gasteiger partial charge in [0.05, 0.1) is 5.69 Å². The van der Waals surface area contributed by atoms with Gasteiger partial charge in [0.25, 0.3) is 10.0 Å². The summed E-state index contributed by atoms with van der Waals surface area (Å²) in [5.41, 5.74) is 1.58. The third-order valence-corrected chi connectivity index (χ3v) is 6.60. The number of hydrogen-bond donors (Lipinski definition) is 1. The Morgan fingerprint density at radius 1 is 1.23 bits per heavy atom. The summed E-state index contributed by atoms with van der Waals surface area (Å²) in [7, 11) is -3.69. The molecule has 9 nitrogen and oxygen atoms in total. The van der Waals surface area contributed by atoms with E-state index in [1.807, 2.05) is 13.8 Å². The predicted molar refractivity (Wildman–Crippen MR) is 90.8 cm³/mol. The van der Waals surface area contributed by atoms with Gasteiger partial charge in [-0.15, -0.1) is 0 Å². The number of aryl methyl sites for hydroxylation is 1. The molecule has 0 radical (unpaired) electrons. The van der Waals surface area contributed by atoms with Crippen LogP contribution in [-0.4, -0.2) is 46.2 Å². The van der Waals surface area contributed by atoms with Crippen molar-refractivity contribution in [2.75, 3.05) is 13.1 Å². The number of aromatic amines is 1. The minimum absolute atomic E-state index is 0.0842. The average Bonchev–Trinajstić information content (AvgIpc) is 3.38. The van der Waals surface area contributed by atoms with Crippen molar-refractivity contribution in [1.29, 1.82) is 0 Å². The smallest absolute Gasteiger partial charge is 0.276 e. The molecule has 26 heavy (non-hydrogen) atoms. The second-order valence-corrected chi connectivity index (χ2v) is 8.26. The molecule has 0 bridgehead atoms. The van der Waals surface area contributed by atoms with Crippen molar-refractivity contribution in [3.63, 3.8) is 0 Å². The van der Waals surface area contributed by atoms with Crippen LogP contribution in [0.3, 0.4) is 0 Å². The Labute approximate surface area is 150 Å². The topological polar surface area (TPSA) is 118 Å². The molecule has 1 fully saturated rings. The molecule has 1 saturated heterocycles. The Morgan fingerprint density at radius 2 is 2.00 bits per heavy atom. The van der Waals surface area contributed by atoms with Crippen LogP contribution in [0.2, 0.25) is 0 Å². The lowest BCUT2D eigenvalue weighted by atomic mass is 9.98. The number of nitrogens with zero attached hydrogens (tertiary/aromatic N) is 4. The zero-order chi connectivity index (χ0) is 18.3. The lowest BCUT2D eigenvalue weighted by Crippen LogP contribution is -2.37. The highest BCUT2D eigenvalue weighted by Gasteiger charge is 2.33. The van der Waals surface area contributed by atoms with Gasteiger partial charge >= 0.3 is 0 Å². The van der Waals surface area contributed by atoms with Crippen LogP contribution < -0.4 is 0 Å². The summed E-state index contributed by atoms with van der Waals surface area (Å²) in [6.45, 7) is 4.49. The predicted octanol–water partition coefficient (Wildman–Crippen LogP) is 2.24. The summed E-state index contributed by atoms with van der Waals surface area (Å²) in [4.78, 5) is 4.16. The summed E-state index contributed by atoms with van der Waals surface area (Å²) in [6.07, 6.45) is 2.83. The number of rotatable bonds is 4. The molecule has 3 aromatic rings. The first-order valence-corrected chi connectivity index (χ1v) is 9.79. The molecule has 0 aromatic carbocycles. The van der Waals surface area contributed by atoms with Crippen molar-refractivity contribution in [2.45, 2.75) is 37.7 Å². The lowest BCUT2D eigenvalue weighted by molar-refractivity contribution is 0.304. The van der Waals surface area contributed by atoms with E-state index in [2.05, 4.69) is 20.3 Å². The van der Waals surface area contributed by atoms with Crippen molar-refractivity contribution in [2.24, 2.45) is 0 Å². The fourth-order valence-corrected chi connectivity index (χ4v) is 4.52. The molecule has 0 amide bonds. The highest BCUT2D eigenvalue weighted by Crippen LogP contribution is 2.32. The van der Waals surface area contributed by atoms with Gasteiger partial charge in [-0.1, -0.05) is 5.16 Å². The van der Waals surface area contributed by atoms with Crippen LogP contribution in [0.4, 0.5) is 0 Å². The molecule has 4 heterocycles. The maximum Gasteiger partial charge on any atom is 0.276 e. The average molecular weight is 377 g/mol. The standard InChI is InChI=1S/C16H19N5O4S/c1-10-11(2)20-25-15(10)13-3-4-14(24-13)26(22,23)21-7-5-12(6-8-21)16-17-9-18-19-16/h3-4,9,12H,5-8H2,1-2H3,(H,17,18,19). The second kappa shape index (κ2) is 6.36. The van der Waals surface area contributed by atoms with Gasteiger partial charge in [-0.25, -0.2) is 13.4 Å². The zero-order valence-corrected chi connectivity index (χ0v) is 15.3. The SMILES string of the molecule is Cc1noc(-c2ccc(S(=O)(=O)N3CCC(c4ncn[nH]4)CC3)o2)c1C. The van der Waals surface area contributed by atoms with E-state index in [0.29, 0.717) is 37.5 Å². The summed E-state index contributed by atoms with van der Waals surface area (Å²) < 4.78 is 38.0. The third kappa shape index (κ3) is 2.84. The molecule has 1 aliphatic heterocycles. The molecule has 1 aliphatic rings. The Hall–Kier alpha value is -2.46. The van der Waals surface area contributed by atoms with Crippen LogP contribution in [0.15, 0.2) is 32.5 Å². The quantitative estimate of drug-likeness (QED) is 0.740. The largest absolute Gasteiger partial charge is 0.440 e. The summed E-state index contributed by atoms with van der Waals surface area (Å²) in [5.74, 6) is 1.81. The minimum atomic E-state index is -3.69. The Bertz CT molecular complexity index is 998. The highest BCUT2D eigenvalue weighted by atomic mass is 32.2. The number of nitrogens with one attached hydrogen (secondary N) is 1. The number of furan rings is 1. The first kappa shape index (κ1) is 17.0. The molecule has 0 spiro atoms. The molecule has 0 atom stereocenters. The summed E-state index contributed by atoms with van der Waals surface area (Å²) in [5, 5.41) is 10.5. The van der Waals surface area contributed by atoms with Crippen molar-refractivity contribution in [3.05, 3.63) is 35.5 Å². The lowest BCUT2D eigenvalue weighted by Gasteiger charge is -2.29. The molecule has 138 valence electrons. The van der Waals surface area contributed by atoms with Gasteiger partial charge in [-0.05, 0) is 38.8 Å². The van der Waals surface area contributed by atoms with Gasteiger partial charge in [0.1, 0.15) is 12.2 Å². The second-order valence-electron chi connectivity index (χ2n) is 6.39. The number of H-pyrrole nitrogens is 1. The summed E-state index contributed by atoms with van der Waals surface area (Å²) >= 11 is 0. The molecule has 4 rings (SSSR count). The molecular formula is C16H19N5O4S. The zero-order valence-electron chi connectivity index (χ0n) is 14.5. The van der Waals surface area contributed by atoms with Gasteiger partial charge in [0.2, 0.25) is 10.9 Å². The Kier molecular flexibility index (Phi) is 4.16. The van der Waals surface area contributed by atoms with Crippen molar-refractivity contribution in [3.8, 4) is 11.5 Å². The number of aromatic nitrogens is 4.